The molecule has 1 atom stereocenters. The van der Waals surface area contributed by atoms with Crippen molar-refractivity contribution in [2.45, 2.75) is 40.3 Å². The summed E-state index contributed by atoms with van der Waals surface area (Å²) in [5.74, 6) is -0.400. The molecular formula is C16H22N4O. The first-order valence-electron chi connectivity index (χ1n) is 7.02. The number of hydrogen-bond acceptors (Lipinski definition) is 3. The van der Waals surface area contributed by atoms with Crippen LogP contribution in [0.4, 0.5) is 5.69 Å². The number of nitrogens with one attached hydrogen (secondary N) is 1. The molecule has 0 radical (unpaired) electrons. The maximum atomic E-state index is 10.9. The molecule has 0 aliphatic rings. The molecule has 0 saturated carbocycles. The van der Waals surface area contributed by atoms with E-state index in [2.05, 4.69) is 50.2 Å². The Bertz CT molecular complexity index is 637. The first kappa shape index (κ1) is 15.1. The van der Waals surface area contributed by atoms with E-state index in [-0.39, 0.29) is 12.6 Å². The van der Waals surface area contributed by atoms with E-state index in [1.54, 1.807) is 12.4 Å². The lowest BCUT2D eigenvalue weighted by Gasteiger charge is -2.20. The number of nitrogens with zero attached hydrogens (tertiary/aromatic N) is 2. The molecule has 1 aromatic carbocycles. The normalized spacial score (nSPS) is 12.2. The SMILES string of the molecule is Cc1cc(C)c(C(C)Nc2cnn(CC(N)=O)c2)c(C)c1. The number of rotatable bonds is 5. The van der Waals surface area contributed by atoms with Crippen molar-refractivity contribution in [3.63, 3.8) is 0 Å². The van der Waals surface area contributed by atoms with Gasteiger partial charge >= 0.3 is 0 Å². The Balaban J connectivity index is 2.16. The lowest BCUT2D eigenvalue weighted by Crippen LogP contribution is -2.18. The van der Waals surface area contributed by atoms with E-state index < -0.39 is 5.91 Å². The molecule has 5 nitrogen and oxygen atoms in total. The predicted octanol–water partition coefficient (Wildman–Crippen LogP) is 2.47. The van der Waals surface area contributed by atoms with Crippen molar-refractivity contribution in [1.29, 1.82) is 0 Å². The second kappa shape index (κ2) is 5.99. The summed E-state index contributed by atoms with van der Waals surface area (Å²) >= 11 is 0. The van der Waals surface area contributed by atoms with E-state index in [0.717, 1.165) is 5.69 Å². The molecule has 2 rings (SSSR count). The van der Waals surface area contributed by atoms with E-state index >= 15 is 0 Å². The van der Waals surface area contributed by atoms with Gasteiger partial charge in [-0.15, -0.1) is 0 Å². The van der Waals surface area contributed by atoms with Gasteiger partial charge in [0.15, 0.2) is 0 Å². The molecule has 0 aliphatic carbocycles. The molecule has 3 N–H and O–H groups in total. The average Bonchev–Trinajstić information content (AvgIpc) is 2.73. The van der Waals surface area contributed by atoms with Crippen LogP contribution in [0.25, 0.3) is 0 Å². The Morgan fingerprint density at radius 2 is 1.95 bits per heavy atom. The van der Waals surface area contributed by atoms with Gasteiger partial charge in [0.1, 0.15) is 6.54 Å². The van der Waals surface area contributed by atoms with Crippen molar-refractivity contribution in [1.82, 2.24) is 9.78 Å². The number of hydrogen-bond donors (Lipinski definition) is 2. The molecule has 21 heavy (non-hydrogen) atoms. The van der Waals surface area contributed by atoms with Gasteiger partial charge in [-0.1, -0.05) is 17.7 Å². The number of amides is 1. The van der Waals surface area contributed by atoms with Crippen LogP contribution in [-0.2, 0) is 11.3 Å². The Morgan fingerprint density at radius 1 is 1.33 bits per heavy atom. The van der Waals surface area contributed by atoms with Crippen molar-refractivity contribution in [3.05, 3.63) is 46.8 Å². The fourth-order valence-electron chi connectivity index (χ4n) is 2.88. The van der Waals surface area contributed by atoms with Crippen LogP contribution in [0, 0.1) is 20.8 Å². The van der Waals surface area contributed by atoms with Gasteiger partial charge in [-0.2, -0.15) is 5.10 Å². The van der Waals surface area contributed by atoms with Gasteiger partial charge < -0.3 is 11.1 Å². The minimum Gasteiger partial charge on any atom is -0.376 e. The van der Waals surface area contributed by atoms with Crippen LogP contribution in [0.3, 0.4) is 0 Å². The number of primary amides is 1. The fourth-order valence-corrected chi connectivity index (χ4v) is 2.88. The van der Waals surface area contributed by atoms with Gasteiger partial charge in [0, 0.05) is 12.2 Å². The lowest BCUT2D eigenvalue weighted by atomic mass is 9.95. The van der Waals surface area contributed by atoms with Crippen LogP contribution >= 0.6 is 0 Å². The molecule has 0 aliphatic heterocycles. The molecule has 0 spiro atoms. The average molecular weight is 286 g/mol. The lowest BCUT2D eigenvalue weighted by molar-refractivity contribution is -0.118. The summed E-state index contributed by atoms with van der Waals surface area (Å²) in [6, 6.07) is 4.55. The highest BCUT2D eigenvalue weighted by Crippen LogP contribution is 2.26. The van der Waals surface area contributed by atoms with E-state index in [9.17, 15) is 4.79 Å². The smallest absolute Gasteiger partial charge is 0.239 e. The quantitative estimate of drug-likeness (QED) is 0.886. The fraction of sp³-hybridized carbons (Fsp3) is 0.375. The standard InChI is InChI=1S/C16H22N4O/c1-10-5-11(2)16(12(3)6-10)13(4)19-14-7-18-20(8-14)9-15(17)21/h5-8,13,19H,9H2,1-4H3,(H2,17,21). The van der Waals surface area contributed by atoms with Crippen LogP contribution in [0.2, 0.25) is 0 Å². The Labute approximate surface area is 125 Å². The highest BCUT2D eigenvalue weighted by molar-refractivity contribution is 5.73. The van der Waals surface area contributed by atoms with E-state index in [1.807, 2.05) is 0 Å². The Hall–Kier alpha value is -2.30. The zero-order chi connectivity index (χ0) is 15.6. The molecule has 1 heterocycles. The number of benzene rings is 1. The van der Waals surface area contributed by atoms with Gasteiger partial charge in [-0.05, 0) is 44.4 Å². The minimum absolute atomic E-state index is 0.0959. The molecular weight excluding hydrogens is 264 g/mol. The van der Waals surface area contributed by atoms with Crippen molar-refractivity contribution >= 4 is 11.6 Å². The Morgan fingerprint density at radius 3 is 2.52 bits per heavy atom. The zero-order valence-electron chi connectivity index (χ0n) is 13.0. The third-order valence-electron chi connectivity index (χ3n) is 3.51. The first-order valence-corrected chi connectivity index (χ1v) is 7.02. The van der Waals surface area contributed by atoms with E-state index in [4.69, 9.17) is 5.73 Å². The third-order valence-corrected chi connectivity index (χ3v) is 3.51. The van der Waals surface area contributed by atoms with E-state index in [0.29, 0.717) is 0 Å². The van der Waals surface area contributed by atoms with Gasteiger partial charge in [-0.3, -0.25) is 9.48 Å². The highest BCUT2D eigenvalue weighted by atomic mass is 16.1. The number of aryl methyl sites for hydroxylation is 3. The van der Waals surface area contributed by atoms with Crippen molar-refractivity contribution in [2.75, 3.05) is 5.32 Å². The van der Waals surface area contributed by atoms with E-state index in [1.165, 1.54) is 26.9 Å². The second-order valence-corrected chi connectivity index (χ2v) is 5.57. The highest BCUT2D eigenvalue weighted by Gasteiger charge is 2.13. The largest absolute Gasteiger partial charge is 0.376 e. The summed E-state index contributed by atoms with van der Waals surface area (Å²) in [6.45, 7) is 8.58. The van der Waals surface area contributed by atoms with Crippen LogP contribution in [-0.4, -0.2) is 15.7 Å². The summed E-state index contributed by atoms with van der Waals surface area (Å²) in [5, 5.41) is 7.53. The summed E-state index contributed by atoms with van der Waals surface area (Å²) in [7, 11) is 0. The zero-order valence-corrected chi connectivity index (χ0v) is 13.0. The molecule has 0 fully saturated rings. The second-order valence-electron chi connectivity index (χ2n) is 5.57. The number of carbonyl (C=O) groups excluding carboxylic acids is 1. The summed E-state index contributed by atoms with van der Waals surface area (Å²) in [6.07, 6.45) is 3.50. The minimum atomic E-state index is -0.400. The topological polar surface area (TPSA) is 72.9 Å². The van der Waals surface area contributed by atoms with Crippen molar-refractivity contribution in [3.8, 4) is 0 Å². The molecule has 0 saturated heterocycles. The van der Waals surface area contributed by atoms with Crippen LogP contribution in [0.15, 0.2) is 24.5 Å². The number of aromatic nitrogens is 2. The molecule has 1 unspecified atom stereocenters. The molecule has 1 aromatic heterocycles. The van der Waals surface area contributed by atoms with Crippen molar-refractivity contribution < 1.29 is 4.79 Å². The van der Waals surface area contributed by atoms with Crippen LogP contribution in [0.5, 0.6) is 0 Å². The van der Waals surface area contributed by atoms with Crippen LogP contribution in [0.1, 0.15) is 35.2 Å². The monoisotopic (exact) mass is 286 g/mol. The molecule has 5 heteroatoms. The Kier molecular flexibility index (Phi) is 4.31. The van der Waals surface area contributed by atoms with Gasteiger partial charge in [-0.25, -0.2) is 0 Å². The molecule has 1 amide bonds. The first-order chi connectivity index (χ1) is 9.86. The van der Waals surface area contributed by atoms with Gasteiger partial charge in [0.25, 0.3) is 0 Å². The van der Waals surface area contributed by atoms with Gasteiger partial charge in [0.05, 0.1) is 11.9 Å². The number of anilines is 1. The number of carbonyl (C=O) groups is 1. The maximum Gasteiger partial charge on any atom is 0.239 e. The summed E-state index contributed by atoms with van der Waals surface area (Å²) in [4.78, 5) is 10.9. The van der Waals surface area contributed by atoms with Crippen molar-refractivity contribution in [2.24, 2.45) is 5.73 Å². The number of nitrogens with two attached hydrogens (primary N) is 1. The molecule has 2 aromatic rings. The molecule has 0 bridgehead atoms. The summed E-state index contributed by atoms with van der Waals surface area (Å²) in [5.41, 5.74) is 11.2. The molecule has 112 valence electrons. The predicted molar refractivity (Wildman–Crippen MR) is 84.1 cm³/mol. The van der Waals surface area contributed by atoms with Gasteiger partial charge in [0.2, 0.25) is 5.91 Å². The van der Waals surface area contributed by atoms with Crippen LogP contribution < -0.4 is 11.1 Å². The maximum absolute atomic E-state index is 10.9. The third kappa shape index (κ3) is 3.62. The summed E-state index contributed by atoms with van der Waals surface area (Å²) < 4.78 is 1.53.